The highest BCUT2D eigenvalue weighted by Gasteiger charge is 2.17. The summed E-state index contributed by atoms with van der Waals surface area (Å²) in [6.45, 7) is 6.79. The Labute approximate surface area is 138 Å². The fraction of sp³-hybridized carbons (Fsp3) is 0.217. The Morgan fingerprint density at radius 1 is 0.870 bits per heavy atom. The van der Waals surface area contributed by atoms with E-state index in [1.807, 2.05) is 0 Å². The molecule has 4 rings (SSSR count). The van der Waals surface area contributed by atoms with Gasteiger partial charge in [0.1, 0.15) is 0 Å². The first-order valence-corrected chi connectivity index (χ1v) is 8.45. The lowest BCUT2D eigenvalue weighted by atomic mass is 9.90. The molecule has 1 aliphatic carbocycles. The molecule has 0 unspecified atom stereocenters. The van der Waals surface area contributed by atoms with Gasteiger partial charge in [-0.2, -0.15) is 0 Å². The summed E-state index contributed by atoms with van der Waals surface area (Å²) in [5, 5.41) is 2.62. The second-order valence-corrected chi connectivity index (χ2v) is 7.03. The maximum Gasteiger partial charge on any atom is -0.00603 e. The van der Waals surface area contributed by atoms with Gasteiger partial charge < -0.3 is 0 Å². The van der Waals surface area contributed by atoms with E-state index in [9.17, 15) is 0 Å². The average molecular weight is 298 g/mol. The number of hydrogen-bond acceptors (Lipinski definition) is 0. The topological polar surface area (TPSA) is 0 Å². The van der Waals surface area contributed by atoms with Gasteiger partial charge in [-0.15, -0.1) is 0 Å². The zero-order valence-electron chi connectivity index (χ0n) is 14.1. The molecular weight excluding hydrogens is 276 g/mol. The second kappa shape index (κ2) is 5.38. The van der Waals surface area contributed by atoms with Gasteiger partial charge in [-0.25, -0.2) is 0 Å². The van der Waals surface area contributed by atoms with Crippen molar-refractivity contribution in [3.63, 3.8) is 0 Å². The molecule has 0 aliphatic heterocycles. The Balaban J connectivity index is 1.95. The molecule has 0 aromatic heterocycles. The van der Waals surface area contributed by atoms with Gasteiger partial charge in [0.15, 0.2) is 0 Å². The monoisotopic (exact) mass is 298 g/mol. The number of benzene rings is 3. The Morgan fingerprint density at radius 2 is 1.65 bits per heavy atom. The van der Waals surface area contributed by atoms with E-state index in [2.05, 4.69) is 81.4 Å². The molecule has 0 heteroatoms. The van der Waals surface area contributed by atoms with Crippen molar-refractivity contribution in [2.75, 3.05) is 0 Å². The van der Waals surface area contributed by atoms with E-state index in [0.29, 0.717) is 5.92 Å². The predicted octanol–water partition coefficient (Wildman–Crippen LogP) is 6.59. The highest BCUT2D eigenvalue weighted by Crippen LogP contribution is 2.37. The van der Waals surface area contributed by atoms with Crippen molar-refractivity contribution in [2.45, 2.75) is 33.1 Å². The van der Waals surface area contributed by atoms with Crippen LogP contribution in [0.2, 0.25) is 0 Å². The fourth-order valence-electron chi connectivity index (χ4n) is 3.58. The molecule has 0 bridgehead atoms. The van der Waals surface area contributed by atoms with Gasteiger partial charge >= 0.3 is 0 Å². The lowest BCUT2D eigenvalue weighted by Crippen LogP contribution is -1.95. The number of allylic oxidation sites excluding steroid dienone is 1. The van der Waals surface area contributed by atoms with Crippen LogP contribution in [0.3, 0.4) is 0 Å². The number of rotatable bonds is 2. The van der Waals surface area contributed by atoms with Gasteiger partial charge in [0.25, 0.3) is 0 Å². The van der Waals surface area contributed by atoms with Crippen LogP contribution < -0.4 is 0 Å². The molecule has 0 amide bonds. The highest BCUT2D eigenvalue weighted by molar-refractivity contribution is 5.90. The van der Waals surface area contributed by atoms with Gasteiger partial charge in [0.05, 0.1) is 0 Å². The van der Waals surface area contributed by atoms with Crippen LogP contribution in [0.25, 0.3) is 28.0 Å². The van der Waals surface area contributed by atoms with Gasteiger partial charge in [0, 0.05) is 0 Å². The molecule has 0 atom stereocenters. The molecule has 0 N–H and O–H groups in total. The molecule has 0 fully saturated rings. The second-order valence-electron chi connectivity index (χ2n) is 7.03. The van der Waals surface area contributed by atoms with Crippen molar-refractivity contribution in [2.24, 2.45) is 0 Å². The molecule has 0 spiro atoms. The van der Waals surface area contributed by atoms with E-state index in [1.54, 1.807) is 0 Å². The van der Waals surface area contributed by atoms with Crippen LogP contribution >= 0.6 is 0 Å². The maximum atomic E-state index is 2.40. The van der Waals surface area contributed by atoms with E-state index in [1.165, 1.54) is 44.2 Å². The van der Waals surface area contributed by atoms with E-state index in [-0.39, 0.29) is 0 Å². The van der Waals surface area contributed by atoms with Crippen molar-refractivity contribution in [1.29, 1.82) is 0 Å². The summed E-state index contributed by atoms with van der Waals surface area (Å²) in [5.74, 6) is 0.556. The predicted molar refractivity (Wildman–Crippen MR) is 101 cm³/mol. The first kappa shape index (κ1) is 14.3. The smallest absolute Gasteiger partial charge is 0.00603 e. The van der Waals surface area contributed by atoms with Crippen molar-refractivity contribution in [1.82, 2.24) is 0 Å². The lowest BCUT2D eigenvalue weighted by Gasteiger charge is -2.14. The van der Waals surface area contributed by atoms with Crippen LogP contribution in [0.15, 0.2) is 60.2 Å². The van der Waals surface area contributed by atoms with Crippen molar-refractivity contribution < 1.29 is 0 Å². The van der Waals surface area contributed by atoms with E-state index >= 15 is 0 Å². The van der Waals surface area contributed by atoms with Crippen LogP contribution in [0.5, 0.6) is 0 Å². The van der Waals surface area contributed by atoms with Crippen LogP contribution in [0.4, 0.5) is 0 Å². The molecule has 0 saturated carbocycles. The largest absolute Gasteiger partial charge is 0.0683 e. The summed E-state index contributed by atoms with van der Waals surface area (Å²) in [6.07, 6.45) is 3.46. The van der Waals surface area contributed by atoms with E-state index < -0.39 is 0 Å². The van der Waals surface area contributed by atoms with E-state index in [0.717, 1.165) is 6.42 Å². The Morgan fingerprint density at radius 3 is 2.43 bits per heavy atom. The van der Waals surface area contributed by atoms with Crippen LogP contribution in [-0.2, 0) is 6.42 Å². The lowest BCUT2D eigenvalue weighted by molar-refractivity contribution is 0.864. The summed E-state index contributed by atoms with van der Waals surface area (Å²) < 4.78 is 0. The van der Waals surface area contributed by atoms with Crippen molar-refractivity contribution in [3.8, 4) is 11.1 Å². The molecule has 1 aliphatic rings. The molecule has 23 heavy (non-hydrogen) atoms. The Bertz CT molecular complexity index is 926. The zero-order valence-corrected chi connectivity index (χ0v) is 14.1. The fourth-order valence-corrected chi connectivity index (χ4v) is 3.58. The quantitative estimate of drug-likeness (QED) is 0.500. The minimum absolute atomic E-state index is 0.556. The van der Waals surface area contributed by atoms with Gasteiger partial charge in [-0.05, 0) is 63.9 Å². The number of fused-ring (bicyclic) bond motifs is 2. The molecule has 0 heterocycles. The van der Waals surface area contributed by atoms with Crippen LogP contribution in [0, 0.1) is 0 Å². The first-order chi connectivity index (χ1) is 11.1. The summed E-state index contributed by atoms with van der Waals surface area (Å²) >= 11 is 0. The van der Waals surface area contributed by atoms with Crippen LogP contribution in [-0.4, -0.2) is 0 Å². The minimum Gasteiger partial charge on any atom is -0.0683 e. The number of hydrogen-bond donors (Lipinski definition) is 0. The Kier molecular flexibility index (Phi) is 3.34. The summed E-state index contributed by atoms with van der Waals surface area (Å²) in [4.78, 5) is 0. The van der Waals surface area contributed by atoms with Gasteiger partial charge in [0.2, 0.25) is 0 Å². The van der Waals surface area contributed by atoms with Gasteiger partial charge in [-0.1, -0.05) is 74.0 Å². The summed E-state index contributed by atoms with van der Waals surface area (Å²) in [7, 11) is 0. The molecule has 114 valence electrons. The highest BCUT2D eigenvalue weighted by atomic mass is 14.2. The molecule has 0 nitrogen and oxygen atoms in total. The SMILES string of the molecule is CC1=Cc2c(cc(C(C)C)cc2-c2ccc3ccccc3c2)C1. The standard InChI is InChI=1S/C23H22/c1-15(2)20-13-21-10-16(3)11-22(21)23(14-20)19-9-8-17-6-4-5-7-18(17)12-19/h4-9,11-15H,10H2,1-3H3. The summed E-state index contributed by atoms with van der Waals surface area (Å²) in [6, 6.07) is 20.2. The zero-order chi connectivity index (χ0) is 16.0. The average Bonchev–Trinajstić information content (AvgIpc) is 2.93. The third kappa shape index (κ3) is 2.49. The van der Waals surface area contributed by atoms with E-state index in [4.69, 9.17) is 0 Å². The third-order valence-electron chi connectivity index (χ3n) is 4.88. The molecule has 3 aromatic rings. The summed E-state index contributed by atoms with van der Waals surface area (Å²) in [5.41, 5.74) is 8.51. The van der Waals surface area contributed by atoms with Gasteiger partial charge in [-0.3, -0.25) is 0 Å². The first-order valence-electron chi connectivity index (χ1n) is 8.45. The molecule has 3 aromatic carbocycles. The van der Waals surface area contributed by atoms with Crippen molar-refractivity contribution in [3.05, 3.63) is 76.9 Å². The molecule has 0 saturated heterocycles. The maximum absolute atomic E-state index is 2.40. The van der Waals surface area contributed by atoms with Crippen molar-refractivity contribution >= 4 is 16.8 Å². The minimum atomic E-state index is 0.556. The third-order valence-corrected chi connectivity index (χ3v) is 4.88. The Hall–Kier alpha value is -2.34. The normalized spacial score (nSPS) is 13.5. The van der Waals surface area contributed by atoms with Crippen LogP contribution in [0.1, 0.15) is 43.4 Å². The molecular formula is C23H22. The molecule has 0 radical (unpaired) electrons.